The maximum atomic E-state index is 5.85. The molecule has 1 heterocycles. The van der Waals surface area contributed by atoms with Gasteiger partial charge in [0.25, 0.3) is 0 Å². The molecule has 0 saturated carbocycles. The molecule has 2 rings (SSSR count). The molecule has 1 aromatic carbocycles. The van der Waals surface area contributed by atoms with Crippen molar-refractivity contribution in [3.63, 3.8) is 0 Å². The van der Waals surface area contributed by atoms with Gasteiger partial charge < -0.3 is 10.1 Å². The topological polar surface area (TPSA) is 21.3 Å². The van der Waals surface area contributed by atoms with E-state index in [1.807, 2.05) is 31.3 Å². The minimum atomic E-state index is 0.572. The van der Waals surface area contributed by atoms with Crippen molar-refractivity contribution < 1.29 is 4.74 Å². The first-order valence-corrected chi connectivity index (χ1v) is 6.58. The number of rotatable bonds is 5. The molecule has 0 saturated heterocycles. The van der Waals surface area contributed by atoms with Crippen molar-refractivity contribution in [3.05, 3.63) is 51.2 Å². The van der Waals surface area contributed by atoms with Gasteiger partial charge in [-0.05, 0) is 36.9 Å². The second-order valence-electron chi connectivity index (χ2n) is 3.67. The van der Waals surface area contributed by atoms with Crippen molar-refractivity contribution in [2.24, 2.45) is 0 Å². The highest BCUT2D eigenvalue weighted by molar-refractivity contribution is 7.16. The number of benzene rings is 1. The van der Waals surface area contributed by atoms with Crippen molar-refractivity contribution in [3.8, 4) is 5.75 Å². The van der Waals surface area contributed by atoms with E-state index in [0.29, 0.717) is 6.61 Å². The van der Waals surface area contributed by atoms with Gasteiger partial charge in [0, 0.05) is 11.4 Å². The number of nitrogens with one attached hydrogen (secondary N) is 1. The molecule has 17 heavy (non-hydrogen) atoms. The van der Waals surface area contributed by atoms with E-state index in [1.165, 1.54) is 5.56 Å². The van der Waals surface area contributed by atoms with E-state index < -0.39 is 0 Å². The fourth-order valence-electron chi connectivity index (χ4n) is 1.49. The Balaban J connectivity index is 1.90. The molecule has 0 aliphatic carbocycles. The van der Waals surface area contributed by atoms with Crippen LogP contribution in [0.3, 0.4) is 0 Å². The van der Waals surface area contributed by atoms with Gasteiger partial charge in [0.1, 0.15) is 12.4 Å². The number of thiophene rings is 1. The zero-order valence-corrected chi connectivity index (χ0v) is 11.1. The normalized spacial score (nSPS) is 10.5. The van der Waals surface area contributed by atoms with Crippen molar-refractivity contribution in [2.45, 2.75) is 13.2 Å². The lowest BCUT2D eigenvalue weighted by Gasteiger charge is -2.05. The van der Waals surface area contributed by atoms with Crippen LogP contribution in [0.15, 0.2) is 36.4 Å². The minimum absolute atomic E-state index is 0.572. The molecule has 0 atom stereocenters. The lowest BCUT2D eigenvalue weighted by molar-refractivity contribution is 0.309. The van der Waals surface area contributed by atoms with Gasteiger partial charge >= 0.3 is 0 Å². The Morgan fingerprint density at radius 3 is 2.53 bits per heavy atom. The molecule has 0 bridgehead atoms. The first-order chi connectivity index (χ1) is 8.28. The summed E-state index contributed by atoms with van der Waals surface area (Å²) < 4.78 is 6.47. The van der Waals surface area contributed by atoms with Gasteiger partial charge in [-0.3, -0.25) is 0 Å². The van der Waals surface area contributed by atoms with Gasteiger partial charge in [0.15, 0.2) is 0 Å². The Bertz CT molecular complexity index is 467. The molecule has 2 nitrogen and oxygen atoms in total. The molecular weight excluding hydrogens is 254 g/mol. The number of ether oxygens (including phenoxy) is 1. The maximum absolute atomic E-state index is 5.85. The molecule has 0 spiro atoms. The molecular formula is C13H14ClNOS. The number of halogens is 1. The van der Waals surface area contributed by atoms with E-state index in [-0.39, 0.29) is 0 Å². The smallest absolute Gasteiger partial charge is 0.122 e. The summed E-state index contributed by atoms with van der Waals surface area (Å²) in [5.74, 6) is 0.884. The Hall–Kier alpha value is -1.03. The summed E-state index contributed by atoms with van der Waals surface area (Å²) in [6.45, 7) is 1.45. The Morgan fingerprint density at radius 1 is 1.18 bits per heavy atom. The third-order valence-electron chi connectivity index (χ3n) is 2.31. The molecule has 2 aromatic rings. The van der Waals surface area contributed by atoms with Crippen LogP contribution in [0, 0.1) is 0 Å². The quantitative estimate of drug-likeness (QED) is 0.892. The predicted octanol–water partition coefficient (Wildman–Crippen LogP) is 3.70. The average Bonchev–Trinajstić information content (AvgIpc) is 2.75. The molecule has 0 aliphatic rings. The average molecular weight is 268 g/mol. The van der Waals surface area contributed by atoms with Crippen LogP contribution in [0.2, 0.25) is 4.34 Å². The standard InChI is InChI=1S/C13H14ClNOS/c1-15-8-10-2-4-11(5-3-10)16-9-12-6-7-13(14)17-12/h2-7,15H,8-9H2,1H3. The van der Waals surface area contributed by atoms with Gasteiger partial charge in [-0.25, -0.2) is 0 Å². The van der Waals surface area contributed by atoms with E-state index in [1.54, 1.807) is 11.3 Å². The van der Waals surface area contributed by atoms with Crippen molar-refractivity contribution >= 4 is 22.9 Å². The molecule has 0 amide bonds. The van der Waals surface area contributed by atoms with Crippen LogP contribution in [-0.2, 0) is 13.2 Å². The van der Waals surface area contributed by atoms with Crippen LogP contribution in [-0.4, -0.2) is 7.05 Å². The van der Waals surface area contributed by atoms with Gasteiger partial charge in [-0.2, -0.15) is 0 Å². The summed E-state index contributed by atoms with van der Waals surface area (Å²) in [5, 5.41) is 3.11. The highest BCUT2D eigenvalue weighted by atomic mass is 35.5. The van der Waals surface area contributed by atoms with E-state index in [9.17, 15) is 0 Å². The molecule has 1 N–H and O–H groups in total. The monoisotopic (exact) mass is 267 g/mol. The Morgan fingerprint density at radius 2 is 1.94 bits per heavy atom. The molecule has 0 radical (unpaired) electrons. The first kappa shape index (κ1) is 12.4. The molecule has 0 fully saturated rings. The molecule has 1 aromatic heterocycles. The summed E-state index contributed by atoms with van der Waals surface area (Å²) >= 11 is 7.40. The fourth-order valence-corrected chi connectivity index (χ4v) is 2.49. The summed E-state index contributed by atoms with van der Waals surface area (Å²) in [7, 11) is 1.94. The second kappa shape index (κ2) is 6.05. The summed E-state index contributed by atoms with van der Waals surface area (Å²) in [6.07, 6.45) is 0. The maximum Gasteiger partial charge on any atom is 0.122 e. The third kappa shape index (κ3) is 3.73. The van der Waals surface area contributed by atoms with Crippen LogP contribution in [0.1, 0.15) is 10.4 Å². The van der Waals surface area contributed by atoms with E-state index in [2.05, 4.69) is 17.4 Å². The third-order valence-corrected chi connectivity index (χ3v) is 3.52. The zero-order chi connectivity index (χ0) is 12.1. The van der Waals surface area contributed by atoms with Crippen LogP contribution in [0.4, 0.5) is 0 Å². The van der Waals surface area contributed by atoms with Gasteiger partial charge in [0.05, 0.1) is 4.34 Å². The van der Waals surface area contributed by atoms with Crippen LogP contribution in [0.5, 0.6) is 5.75 Å². The van der Waals surface area contributed by atoms with Crippen molar-refractivity contribution in [1.82, 2.24) is 5.32 Å². The molecule has 0 aliphatic heterocycles. The zero-order valence-electron chi connectivity index (χ0n) is 9.57. The first-order valence-electron chi connectivity index (χ1n) is 5.38. The lowest BCUT2D eigenvalue weighted by Crippen LogP contribution is -2.04. The van der Waals surface area contributed by atoms with Crippen molar-refractivity contribution in [1.29, 1.82) is 0 Å². The number of hydrogen-bond donors (Lipinski definition) is 1. The highest BCUT2D eigenvalue weighted by Crippen LogP contribution is 2.23. The second-order valence-corrected chi connectivity index (χ2v) is 5.47. The molecule has 4 heteroatoms. The largest absolute Gasteiger partial charge is 0.488 e. The van der Waals surface area contributed by atoms with Gasteiger partial charge in [-0.1, -0.05) is 23.7 Å². The van der Waals surface area contributed by atoms with Gasteiger partial charge in [-0.15, -0.1) is 11.3 Å². The van der Waals surface area contributed by atoms with Crippen LogP contribution in [0.25, 0.3) is 0 Å². The fraction of sp³-hybridized carbons (Fsp3) is 0.231. The van der Waals surface area contributed by atoms with Gasteiger partial charge in [0.2, 0.25) is 0 Å². The van der Waals surface area contributed by atoms with E-state index >= 15 is 0 Å². The summed E-state index contributed by atoms with van der Waals surface area (Å²) in [6, 6.07) is 12.0. The lowest BCUT2D eigenvalue weighted by atomic mass is 10.2. The number of hydrogen-bond acceptors (Lipinski definition) is 3. The molecule has 0 unspecified atom stereocenters. The summed E-state index contributed by atoms with van der Waals surface area (Å²) in [4.78, 5) is 1.13. The SMILES string of the molecule is CNCc1ccc(OCc2ccc(Cl)s2)cc1. The Kier molecular flexibility index (Phi) is 4.42. The predicted molar refractivity (Wildman–Crippen MR) is 72.9 cm³/mol. The van der Waals surface area contributed by atoms with E-state index in [0.717, 1.165) is 21.5 Å². The molecule has 90 valence electrons. The van der Waals surface area contributed by atoms with Crippen LogP contribution >= 0.6 is 22.9 Å². The Labute approximate surface area is 110 Å². The summed E-state index contributed by atoms with van der Waals surface area (Å²) in [5.41, 5.74) is 1.25. The van der Waals surface area contributed by atoms with Crippen molar-refractivity contribution in [2.75, 3.05) is 7.05 Å². The minimum Gasteiger partial charge on any atom is -0.488 e. The van der Waals surface area contributed by atoms with Crippen LogP contribution < -0.4 is 10.1 Å². The highest BCUT2D eigenvalue weighted by Gasteiger charge is 1.99. The van der Waals surface area contributed by atoms with E-state index in [4.69, 9.17) is 16.3 Å².